The van der Waals surface area contributed by atoms with Crippen molar-refractivity contribution in [3.63, 3.8) is 0 Å². The van der Waals surface area contributed by atoms with E-state index >= 15 is 0 Å². The molecule has 1 amide bonds. The second-order valence-electron chi connectivity index (χ2n) is 6.99. The molecule has 0 fully saturated rings. The summed E-state index contributed by atoms with van der Waals surface area (Å²) in [6.07, 6.45) is 0.665. The zero-order valence-electron chi connectivity index (χ0n) is 16.3. The van der Waals surface area contributed by atoms with Gasteiger partial charge in [-0.05, 0) is 47.4 Å². The monoisotopic (exact) mass is 389 g/mol. The van der Waals surface area contributed by atoms with Gasteiger partial charge in [-0.25, -0.2) is 0 Å². The molecule has 0 spiro atoms. The quantitative estimate of drug-likeness (QED) is 0.650. The van der Waals surface area contributed by atoms with E-state index in [1.807, 2.05) is 72.8 Å². The summed E-state index contributed by atoms with van der Waals surface area (Å²) in [6, 6.07) is 23.7. The first-order valence-electron chi connectivity index (χ1n) is 9.60. The van der Waals surface area contributed by atoms with E-state index in [0.29, 0.717) is 18.8 Å². The highest BCUT2D eigenvalue weighted by Crippen LogP contribution is 2.35. The van der Waals surface area contributed by atoms with E-state index in [4.69, 9.17) is 14.2 Å². The fraction of sp³-hybridized carbons (Fsp3) is 0.208. The van der Waals surface area contributed by atoms with Gasteiger partial charge in [-0.15, -0.1) is 0 Å². The van der Waals surface area contributed by atoms with E-state index in [0.717, 1.165) is 28.2 Å². The number of amides is 1. The summed E-state index contributed by atoms with van der Waals surface area (Å²) in [5.74, 6) is 2.19. The Balaban J connectivity index is 1.44. The second kappa shape index (κ2) is 8.69. The second-order valence-corrected chi connectivity index (χ2v) is 6.99. The maximum absolute atomic E-state index is 11.7. The Morgan fingerprint density at radius 1 is 0.966 bits per heavy atom. The molecule has 3 aromatic rings. The minimum atomic E-state index is -0.155. The molecule has 0 saturated carbocycles. The molecule has 29 heavy (non-hydrogen) atoms. The third-order valence-corrected chi connectivity index (χ3v) is 4.79. The molecule has 5 nitrogen and oxygen atoms in total. The first-order chi connectivity index (χ1) is 14.2. The highest BCUT2D eigenvalue weighted by molar-refractivity contribution is 5.73. The lowest BCUT2D eigenvalue weighted by atomic mass is 9.98. The highest BCUT2D eigenvalue weighted by Gasteiger charge is 2.19. The first-order valence-corrected chi connectivity index (χ1v) is 9.60. The Morgan fingerprint density at radius 2 is 1.72 bits per heavy atom. The number of rotatable bonds is 7. The minimum Gasteiger partial charge on any atom is -0.489 e. The standard InChI is InChI=1S/C24H23NO4/c1-17(26)25-22(20-9-12-23-24(14-20)29-16-28-23)13-18-7-10-21(11-8-18)27-15-19-5-3-2-4-6-19/h2-12,14,22H,13,15-16H2,1H3,(H,25,26). The SMILES string of the molecule is CC(=O)NC(Cc1ccc(OCc2ccccc2)cc1)c1ccc2c(c1)OCO2. The van der Waals surface area contributed by atoms with Crippen molar-refractivity contribution in [1.29, 1.82) is 0 Å². The Hall–Kier alpha value is -3.47. The van der Waals surface area contributed by atoms with E-state index in [9.17, 15) is 4.79 Å². The van der Waals surface area contributed by atoms with Crippen molar-refractivity contribution >= 4 is 5.91 Å². The van der Waals surface area contributed by atoms with Crippen molar-refractivity contribution < 1.29 is 19.0 Å². The van der Waals surface area contributed by atoms with Gasteiger partial charge >= 0.3 is 0 Å². The van der Waals surface area contributed by atoms with Crippen molar-refractivity contribution in [3.05, 3.63) is 89.5 Å². The molecule has 1 unspecified atom stereocenters. The average molecular weight is 389 g/mol. The number of benzene rings is 3. The van der Waals surface area contributed by atoms with Gasteiger partial charge in [-0.1, -0.05) is 48.5 Å². The lowest BCUT2D eigenvalue weighted by Gasteiger charge is -2.19. The number of hydrogen-bond donors (Lipinski definition) is 1. The molecule has 0 bridgehead atoms. The summed E-state index contributed by atoms with van der Waals surface area (Å²) in [6.45, 7) is 2.29. The molecule has 1 aliphatic heterocycles. The number of hydrogen-bond acceptors (Lipinski definition) is 4. The van der Waals surface area contributed by atoms with Crippen molar-refractivity contribution in [3.8, 4) is 17.2 Å². The molecule has 5 heteroatoms. The van der Waals surface area contributed by atoms with Gasteiger partial charge < -0.3 is 19.5 Å². The lowest BCUT2D eigenvalue weighted by molar-refractivity contribution is -0.119. The number of carbonyl (C=O) groups is 1. The summed E-state index contributed by atoms with van der Waals surface area (Å²) < 4.78 is 16.7. The molecule has 1 atom stereocenters. The molecular formula is C24H23NO4. The largest absolute Gasteiger partial charge is 0.489 e. The van der Waals surface area contributed by atoms with Crippen LogP contribution < -0.4 is 19.5 Å². The van der Waals surface area contributed by atoms with Gasteiger partial charge in [-0.3, -0.25) is 4.79 Å². The van der Waals surface area contributed by atoms with Crippen molar-refractivity contribution in [1.82, 2.24) is 5.32 Å². The Kier molecular flexibility index (Phi) is 5.66. The van der Waals surface area contributed by atoms with E-state index < -0.39 is 0 Å². The van der Waals surface area contributed by atoms with Crippen LogP contribution in [-0.4, -0.2) is 12.7 Å². The molecule has 1 aliphatic rings. The van der Waals surface area contributed by atoms with Crippen LogP contribution in [0.25, 0.3) is 0 Å². The molecule has 4 rings (SSSR count). The van der Waals surface area contributed by atoms with Crippen LogP contribution in [0.15, 0.2) is 72.8 Å². The predicted octanol–water partition coefficient (Wildman–Crippen LogP) is 4.41. The van der Waals surface area contributed by atoms with Gasteiger partial charge in [0.25, 0.3) is 0 Å². The van der Waals surface area contributed by atoms with Crippen LogP contribution in [0.5, 0.6) is 17.2 Å². The Morgan fingerprint density at radius 3 is 2.48 bits per heavy atom. The number of carbonyl (C=O) groups excluding carboxylic acids is 1. The fourth-order valence-corrected chi connectivity index (χ4v) is 3.33. The Bertz CT molecular complexity index is 970. The topological polar surface area (TPSA) is 56.8 Å². The molecule has 0 radical (unpaired) electrons. The van der Waals surface area contributed by atoms with Gasteiger partial charge in [-0.2, -0.15) is 0 Å². The van der Waals surface area contributed by atoms with Gasteiger partial charge in [0.1, 0.15) is 12.4 Å². The molecule has 3 aromatic carbocycles. The van der Waals surface area contributed by atoms with E-state index in [1.165, 1.54) is 6.92 Å². The summed E-state index contributed by atoms with van der Waals surface area (Å²) in [7, 11) is 0. The maximum Gasteiger partial charge on any atom is 0.231 e. The van der Waals surface area contributed by atoms with Crippen LogP contribution in [0.2, 0.25) is 0 Å². The van der Waals surface area contributed by atoms with E-state index in [2.05, 4.69) is 5.32 Å². The van der Waals surface area contributed by atoms with Crippen LogP contribution >= 0.6 is 0 Å². The molecule has 1 N–H and O–H groups in total. The highest BCUT2D eigenvalue weighted by atomic mass is 16.7. The maximum atomic E-state index is 11.7. The molecule has 1 heterocycles. The molecule has 0 aliphatic carbocycles. The van der Waals surface area contributed by atoms with Crippen molar-refractivity contribution in [2.45, 2.75) is 26.0 Å². The average Bonchev–Trinajstić information content (AvgIpc) is 3.21. The van der Waals surface area contributed by atoms with E-state index in [1.54, 1.807) is 0 Å². The summed E-state index contributed by atoms with van der Waals surface area (Å²) >= 11 is 0. The van der Waals surface area contributed by atoms with Gasteiger partial charge in [0, 0.05) is 6.92 Å². The predicted molar refractivity (Wildman–Crippen MR) is 110 cm³/mol. The minimum absolute atomic E-state index is 0.0736. The Labute approximate surface area is 170 Å². The summed E-state index contributed by atoms with van der Waals surface area (Å²) in [5, 5.41) is 3.03. The molecular weight excluding hydrogens is 366 g/mol. The van der Waals surface area contributed by atoms with Crippen LogP contribution in [0.3, 0.4) is 0 Å². The summed E-state index contributed by atoms with van der Waals surface area (Å²) in [5.41, 5.74) is 3.22. The van der Waals surface area contributed by atoms with Crippen LogP contribution in [0.4, 0.5) is 0 Å². The molecule has 0 aromatic heterocycles. The van der Waals surface area contributed by atoms with Crippen molar-refractivity contribution in [2.75, 3.05) is 6.79 Å². The van der Waals surface area contributed by atoms with Gasteiger partial charge in [0.15, 0.2) is 11.5 Å². The molecule has 148 valence electrons. The number of fused-ring (bicyclic) bond motifs is 1. The zero-order chi connectivity index (χ0) is 20.1. The number of nitrogens with one attached hydrogen (secondary N) is 1. The zero-order valence-corrected chi connectivity index (χ0v) is 16.3. The van der Waals surface area contributed by atoms with E-state index in [-0.39, 0.29) is 18.7 Å². The van der Waals surface area contributed by atoms with Crippen LogP contribution in [0.1, 0.15) is 29.7 Å². The lowest BCUT2D eigenvalue weighted by Crippen LogP contribution is -2.27. The van der Waals surface area contributed by atoms with Gasteiger partial charge in [0.2, 0.25) is 12.7 Å². The first kappa shape index (κ1) is 18.9. The van der Waals surface area contributed by atoms with Crippen molar-refractivity contribution in [2.24, 2.45) is 0 Å². The summed E-state index contributed by atoms with van der Waals surface area (Å²) in [4.78, 5) is 11.7. The number of ether oxygens (including phenoxy) is 3. The van der Waals surface area contributed by atoms with Gasteiger partial charge in [0.05, 0.1) is 6.04 Å². The van der Waals surface area contributed by atoms with Crippen LogP contribution in [-0.2, 0) is 17.8 Å². The third-order valence-electron chi connectivity index (χ3n) is 4.79. The normalized spacial score (nSPS) is 13.0. The smallest absolute Gasteiger partial charge is 0.231 e. The third kappa shape index (κ3) is 4.88. The van der Waals surface area contributed by atoms with Crippen LogP contribution in [0, 0.1) is 0 Å². The fourth-order valence-electron chi connectivity index (χ4n) is 3.33. The molecule has 0 saturated heterocycles.